The first kappa shape index (κ1) is 22.6. The molecular weight excluding hydrogens is 454 g/mol. The summed E-state index contributed by atoms with van der Waals surface area (Å²) < 4.78 is 2.19. The van der Waals surface area contributed by atoms with Crippen LogP contribution in [-0.4, -0.2) is 19.5 Å². The van der Waals surface area contributed by atoms with Gasteiger partial charge in [-0.3, -0.25) is 0 Å². The lowest BCUT2D eigenvalue weighted by atomic mass is 9.99. The van der Waals surface area contributed by atoms with Crippen LogP contribution in [0.2, 0.25) is 0 Å². The number of nitrogens with zero attached hydrogens (tertiary/aromatic N) is 5. The summed E-state index contributed by atoms with van der Waals surface area (Å²) in [6, 6.07) is 29.8. The fourth-order valence-corrected chi connectivity index (χ4v) is 5.25. The molecule has 0 fully saturated rings. The third-order valence-electron chi connectivity index (χ3n) is 6.71. The molecule has 0 saturated carbocycles. The predicted octanol–water partition coefficient (Wildman–Crippen LogP) is 7.41. The molecule has 0 atom stereocenters. The Hall–Kier alpha value is -4.82. The minimum Gasteiger partial charge on any atom is -0.308 e. The van der Waals surface area contributed by atoms with Crippen molar-refractivity contribution in [1.82, 2.24) is 19.5 Å². The number of para-hydroxylation sites is 1. The zero-order chi connectivity index (χ0) is 25.7. The first-order chi connectivity index (χ1) is 17.9. The number of rotatable bonds is 3. The third kappa shape index (κ3) is 3.93. The van der Waals surface area contributed by atoms with Crippen LogP contribution in [0.1, 0.15) is 28.3 Å². The molecule has 0 saturated heterocycles. The van der Waals surface area contributed by atoms with Crippen LogP contribution in [0.25, 0.3) is 50.0 Å². The van der Waals surface area contributed by atoms with Gasteiger partial charge in [-0.1, -0.05) is 59.7 Å². The molecular formula is C32H25N5. The zero-order valence-electron chi connectivity index (χ0n) is 21.2. The maximum Gasteiger partial charge on any atom is 0.163 e. The molecule has 2 heterocycles. The van der Waals surface area contributed by atoms with Crippen LogP contribution in [0.15, 0.2) is 78.9 Å². The van der Waals surface area contributed by atoms with Gasteiger partial charge in [0.05, 0.1) is 22.3 Å². The van der Waals surface area contributed by atoms with E-state index in [0.717, 1.165) is 38.6 Å². The number of nitriles is 1. The van der Waals surface area contributed by atoms with E-state index in [1.807, 2.05) is 38.1 Å². The third-order valence-corrected chi connectivity index (χ3v) is 6.71. The lowest BCUT2D eigenvalue weighted by molar-refractivity contribution is 0.928. The molecule has 0 spiro atoms. The standard InChI is InChI=1S/C32H25N5/c1-19-13-20(2)15-26(14-19)23-11-12-28-27-7-5-6-8-29(27)37(31(28)16-23)30-17-24(9-10-25(30)18-33)32-35-21(3)34-22(4)36-32/h5-17H,1-4H3. The normalized spacial score (nSPS) is 11.2. The topological polar surface area (TPSA) is 67.4 Å². The number of hydrogen-bond acceptors (Lipinski definition) is 4. The number of hydrogen-bond donors (Lipinski definition) is 0. The largest absolute Gasteiger partial charge is 0.308 e. The Morgan fingerprint density at radius 3 is 2.03 bits per heavy atom. The highest BCUT2D eigenvalue weighted by atomic mass is 15.0. The van der Waals surface area contributed by atoms with Crippen molar-refractivity contribution >= 4 is 21.8 Å². The van der Waals surface area contributed by atoms with E-state index >= 15 is 0 Å². The van der Waals surface area contributed by atoms with Gasteiger partial charge in [0.1, 0.15) is 17.7 Å². The predicted molar refractivity (Wildman–Crippen MR) is 149 cm³/mol. The van der Waals surface area contributed by atoms with Crippen molar-refractivity contribution in [3.63, 3.8) is 0 Å². The lowest BCUT2D eigenvalue weighted by Gasteiger charge is -2.13. The summed E-state index contributed by atoms with van der Waals surface area (Å²) in [6.07, 6.45) is 0. The van der Waals surface area contributed by atoms with Gasteiger partial charge in [0.25, 0.3) is 0 Å². The van der Waals surface area contributed by atoms with E-state index in [1.54, 1.807) is 0 Å². The molecule has 6 aromatic rings. The second-order valence-corrected chi connectivity index (χ2v) is 9.56. The fraction of sp³-hybridized carbons (Fsp3) is 0.125. The highest BCUT2D eigenvalue weighted by Crippen LogP contribution is 2.36. The molecule has 0 aliphatic rings. The maximum atomic E-state index is 10.1. The monoisotopic (exact) mass is 479 g/mol. The summed E-state index contributed by atoms with van der Waals surface area (Å²) in [6.45, 7) is 7.98. The van der Waals surface area contributed by atoms with Gasteiger partial charge in [-0.25, -0.2) is 15.0 Å². The lowest BCUT2D eigenvalue weighted by Crippen LogP contribution is -2.02. The van der Waals surface area contributed by atoms with Crippen molar-refractivity contribution in [3.8, 4) is 34.3 Å². The number of fused-ring (bicyclic) bond motifs is 3. The van der Waals surface area contributed by atoms with Crippen LogP contribution in [0.5, 0.6) is 0 Å². The summed E-state index contributed by atoms with van der Waals surface area (Å²) in [5, 5.41) is 12.4. The van der Waals surface area contributed by atoms with Crippen molar-refractivity contribution in [2.45, 2.75) is 27.7 Å². The van der Waals surface area contributed by atoms with Crippen LogP contribution in [0.4, 0.5) is 0 Å². The number of aromatic nitrogens is 4. The second-order valence-electron chi connectivity index (χ2n) is 9.56. The molecule has 178 valence electrons. The average molecular weight is 480 g/mol. The van der Waals surface area contributed by atoms with Crippen LogP contribution in [0, 0.1) is 39.0 Å². The van der Waals surface area contributed by atoms with Crippen molar-refractivity contribution in [2.24, 2.45) is 0 Å². The minimum absolute atomic E-state index is 0.589. The average Bonchev–Trinajstić information content (AvgIpc) is 3.20. The van der Waals surface area contributed by atoms with E-state index in [2.05, 4.69) is 94.0 Å². The Balaban J connectivity index is 1.66. The van der Waals surface area contributed by atoms with Crippen LogP contribution >= 0.6 is 0 Å². The zero-order valence-corrected chi connectivity index (χ0v) is 21.2. The Labute approximate surface area is 215 Å². The van der Waals surface area contributed by atoms with Gasteiger partial charge in [-0.15, -0.1) is 0 Å². The summed E-state index contributed by atoms with van der Waals surface area (Å²) in [7, 11) is 0. The summed E-state index contributed by atoms with van der Waals surface area (Å²) >= 11 is 0. The molecule has 0 radical (unpaired) electrons. The smallest absolute Gasteiger partial charge is 0.163 e. The molecule has 37 heavy (non-hydrogen) atoms. The first-order valence-corrected chi connectivity index (χ1v) is 12.3. The van der Waals surface area contributed by atoms with E-state index < -0.39 is 0 Å². The molecule has 0 aliphatic carbocycles. The van der Waals surface area contributed by atoms with Gasteiger partial charge < -0.3 is 4.57 Å². The molecule has 4 aromatic carbocycles. The van der Waals surface area contributed by atoms with Gasteiger partial charge in [0.2, 0.25) is 0 Å². The SMILES string of the molecule is Cc1cc(C)cc(-c2ccc3c4ccccc4n(-c4cc(-c5nc(C)nc(C)n5)ccc4C#N)c3c2)c1. The van der Waals surface area contributed by atoms with Gasteiger partial charge in [0, 0.05) is 16.3 Å². The van der Waals surface area contributed by atoms with Crippen LogP contribution < -0.4 is 0 Å². The van der Waals surface area contributed by atoms with Crippen molar-refractivity contribution in [2.75, 3.05) is 0 Å². The van der Waals surface area contributed by atoms with Crippen LogP contribution in [-0.2, 0) is 0 Å². The molecule has 5 nitrogen and oxygen atoms in total. The number of aryl methyl sites for hydroxylation is 4. The Bertz CT molecular complexity index is 1850. The van der Waals surface area contributed by atoms with E-state index in [1.165, 1.54) is 16.7 Å². The van der Waals surface area contributed by atoms with Gasteiger partial charge in [0.15, 0.2) is 5.82 Å². The Morgan fingerprint density at radius 2 is 1.30 bits per heavy atom. The van der Waals surface area contributed by atoms with E-state index in [9.17, 15) is 5.26 Å². The van der Waals surface area contributed by atoms with E-state index in [0.29, 0.717) is 23.0 Å². The summed E-state index contributed by atoms with van der Waals surface area (Å²) in [4.78, 5) is 13.4. The van der Waals surface area contributed by atoms with Gasteiger partial charge >= 0.3 is 0 Å². The first-order valence-electron chi connectivity index (χ1n) is 12.3. The van der Waals surface area contributed by atoms with Gasteiger partial charge in [-0.05, 0) is 69.2 Å². The molecule has 5 heteroatoms. The minimum atomic E-state index is 0.589. The molecule has 0 aliphatic heterocycles. The quantitative estimate of drug-likeness (QED) is 0.265. The molecule has 6 rings (SSSR count). The number of benzene rings is 4. The molecule has 0 unspecified atom stereocenters. The second kappa shape index (κ2) is 8.69. The van der Waals surface area contributed by atoms with E-state index in [4.69, 9.17) is 0 Å². The highest BCUT2D eigenvalue weighted by molar-refractivity contribution is 6.10. The Kier molecular flexibility index (Phi) is 5.31. The highest BCUT2D eigenvalue weighted by Gasteiger charge is 2.17. The fourth-order valence-electron chi connectivity index (χ4n) is 5.25. The van der Waals surface area contributed by atoms with Crippen molar-refractivity contribution < 1.29 is 0 Å². The maximum absolute atomic E-state index is 10.1. The van der Waals surface area contributed by atoms with Crippen molar-refractivity contribution in [3.05, 3.63) is 107 Å². The van der Waals surface area contributed by atoms with Gasteiger partial charge in [-0.2, -0.15) is 5.26 Å². The molecule has 2 aromatic heterocycles. The van der Waals surface area contributed by atoms with Crippen LogP contribution in [0.3, 0.4) is 0 Å². The molecule has 0 amide bonds. The molecule has 0 N–H and O–H groups in total. The summed E-state index contributed by atoms with van der Waals surface area (Å²) in [5.41, 5.74) is 9.13. The van der Waals surface area contributed by atoms with Crippen molar-refractivity contribution in [1.29, 1.82) is 5.26 Å². The Morgan fingerprint density at radius 1 is 0.622 bits per heavy atom. The van der Waals surface area contributed by atoms with E-state index in [-0.39, 0.29) is 0 Å². The summed E-state index contributed by atoms with van der Waals surface area (Å²) in [5.74, 6) is 1.94. The molecule has 0 bridgehead atoms.